The van der Waals surface area contributed by atoms with Crippen molar-refractivity contribution in [1.29, 1.82) is 0 Å². The number of nitrogens with one attached hydrogen (secondary N) is 1. The number of halogens is 3. The van der Waals surface area contributed by atoms with Crippen molar-refractivity contribution < 1.29 is 19.4 Å². The third-order valence-corrected chi connectivity index (χ3v) is 4.51. The molecule has 3 N–H and O–H groups in total. The van der Waals surface area contributed by atoms with E-state index >= 15 is 0 Å². The molecular formula is C17H17Cl2FN3O3+. The topological polar surface area (TPSA) is 88.9 Å². The van der Waals surface area contributed by atoms with Crippen LogP contribution < -0.4 is 10.6 Å². The normalized spacial score (nSPS) is 11.9. The van der Waals surface area contributed by atoms with Crippen molar-refractivity contribution in [2.45, 2.75) is 19.9 Å². The molecule has 6 nitrogen and oxygen atoms in total. The monoisotopic (exact) mass is 400 g/mol. The number of rotatable bonds is 6. The first-order chi connectivity index (χ1) is 12.2. The van der Waals surface area contributed by atoms with E-state index in [1.54, 1.807) is 25.2 Å². The molecule has 138 valence electrons. The molecule has 0 saturated carbocycles. The predicted molar refractivity (Wildman–Crippen MR) is 98.1 cm³/mol. The fourth-order valence-corrected chi connectivity index (χ4v) is 2.91. The van der Waals surface area contributed by atoms with E-state index in [0.717, 1.165) is 0 Å². The summed E-state index contributed by atoms with van der Waals surface area (Å²) >= 11 is 11.8. The van der Waals surface area contributed by atoms with Gasteiger partial charge in [0.05, 0.1) is 20.7 Å². The number of hydrogen-bond acceptors (Lipinski definition) is 3. The van der Waals surface area contributed by atoms with Crippen molar-refractivity contribution in [1.82, 2.24) is 0 Å². The molecule has 26 heavy (non-hydrogen) atoms. The lowest BCUT2D eigenvalue weighted by Gasteiger charge is -2.14. The third kappa shape index (κ3) is 4.91. The van der Waals surface area contributed by atoms with Crippen LogP contribution in [0.2, 0.25) is 10.0 Å². The summed E-state index contributed by atoms with van der Waals surface area (Å²) in [6.07, 6.45) is 0. The molecule has 0 fully saturated rings. The highest BCUT2D eigenvalue weighted by Gasteiger charge is 2.18. The Morgan fingerprint density at radius 1 is 1.31 bits per heavy atom. The maximum absolute atomic E-state index is 13.6. The first kappa shape index (κ1) is 20.1. The zero-order chi connectivity index (χ0) is 19.4. The van der Waals surface area contributed by atoms with Gasteiger partial charge in [-0.15, -0.1) is 0 Å². The molecule has 0 unspecified atom stereocenters. The lowest BCUT2D eigenvalue weighted by atomic mass is 10.1. The van der Waals surface area contributed by atoms with E-state index in [1.807, 2.05) is 0 Å². The zero-order valence-corrected chi connectivity index (χ0v) is 15.6. The van der Waals surface area contributed by atoms with Crippen LogP contribution in [0, 0.1) is 22.9 Å². The molecule has 0 aromatic heterocycles. The Bertz CT molecular complexity index is 861. The second kappa shape index (κ2) is 8.44. The minimum absolute atomic E-state index is 0.0316. The van der Waals surface area contributed by atoms with Crippen LogP contribution in [0.1, 0.15) is 24.1 Å². The largest absolute Gasteiger partial charge is 0.332 e. The first-order valence-corrected chi connectivity index (χ1v) is 8.47. The maximum atomic E-state index is 13.6. The van der Waals surface area contributed by atoms with Crippen molar-refractivity contribution in [3.63, 3.8) is 0 Å². The summed E-state index contributed by atoms with van der Waals surface area (Å²) in [4.78, 5) is 22.5. The van der Waals surface area contributed by atoms with E-state index in [9.17, 15) is 19.3 Å². The summed E-state index contributed by atoms with van der Waals surface area (Å²) in [5.41, 5.74) is 1.50. The van der Waals surface area contributed by atoms with Crippen LogP contribution in [-0.2, 0) is 4.79 Å². The zero-order valence-electron chi connectivity index (χ0n) is 14.1. The molecule has 9 heteroatoms. The summed E-state index contributed by atoms with van der Waals surface area (Å²) in [6.45, 7) is 3.55. The van der Waals surface area contributed by atoms with Crippen LogP contribution in [0.5, 0.6) is 0 Å². The van der Waals surface area contributed by atoms with Crippen molar-refractivity contribution in [2.24, 2.45) is 0 Å². The Labute approximate surface area is 159 Å². The van der Waals surface area contributed by atoms with Crippen LogP contribution in [0.15, 0.2) is 30.3 Å². The lowest BCUT2D eigenvalue weighted by Crippen LogP contribution is -2.86. The van der Waals surface area contributed by atoms with Gasteiger partial charge in [0.2, 0.25) is 0 Å². The molecule has 0 saturated heterocycles. The molecule has 0 aliphatic carbocycles. The Balaban J connectivity index is 2.02. The van der Waals surface area contributed by atoms with E-state index in [4.69, 9.17) is 23.2 Å². The number of non-ortho nitro benzene ring substituents is 1. The molecular weight excluding hydrogens is 384 g/mol. The number of nitrogens with zero attached hydrogens (tertiary/aromatic N) is 1. The number of nitro groups is 1. The van der Waals surface area contributed by atoms with Crippen LogP contribution >= 0.6 is 23.2 Å². The van der Waals surface area contributed by atoms with Gasteiger partial charge in [-0.25, -0.2) is 4.39 Å². The van der Waals surface area contributed by atoms with Crippen molar-refractivity contribution in [2.75, 3.05) is 11.9 Å². The van der Waals surface area contributed by atoms with Gasteiger partial charge < -0.3 is 10.6 Å². The molecule has 0 aliphatic rings. The molecule has 1 atom stereocenters. The van der Waals surface area contributed by atoms with E-state index in [2.05, 4.69) is 5.32 Å². The fraction of sp³-hybridized carbons (Fsp3) is 0.235. The van der Waals surface area contributed by atoms with Gasteiger partial charge in [-0.1, -0.05) is 29.3 Å². The minimum atomic E-state index is -0.581. The van der Waals surface area contributed by atoms with Gasteiger partial charge in [0.1, 0.15) is 11.9 Å². The van der Waals surface area contributed by atoms with E-state index in [-0.39, 0.29) is 29.2 Å². The fourth-order valence-electron chi connectivity index (χ4n) is 2.36. The highest BCUT2D eigenvalue weighted by Crippen LogP contribution is 2.27. The predicted octanol–water partition coefficient (Wildman–Crippen LogP) is 3.61. The average molecular weight is 401 g/mol. The van der Waals surface area contributed by atoms with Gasteiger partial charge in [-0.2, -0.15) is 0 Å². The van der Waals surface area contributed by atoms with E-state index in [0.29, 0.717) is 21.8 Å². The summed E-state index contributed by atoms with van der Waals surface area (Å²) < 4.78 is 13.6. The van der Waals surface area contributed by atoms with Gasteiger partial charge in [-0.3, -0.25) is 14.9 Å². The van der Waals surface area contributed by atoms with Gasteiger partial charge in [-0.05, 0) is 31.5 Å². The highest BCUT2D eigenvalue weighted by molar-refractivity contribution is 6.35. The third-order valence-electron chi connectivity index (χ3n) is 3.89. The minimum Gasteiger partial charge on any atom is -0.332 e. The Morgan fingerprint density at radius 2 is 2.00 bits per heavy atom. The molecule has 0 radical (unpaired) electrons. The highest BCUT2D eigenvalue weighted by atomic mass is 35.5. The molecule has 0 spiro atoms. The molecule has 2 rings (SSSR count). The Hall–Kier alpha value is -2.22. The van der Waals surface area contributed by atoms with E-state index < -0.39 is 10.7 Å². The van der Waals surface area contributed by atoms with Crippen molar-refractivity contribution >= 4 is 40.5 Å². The molecule has 0 bridgehead atoms. The van der Waals surface area contributed by atoms with E-state index in [1.165, 1.54) is 24.3 Å². The number of nitrogens with two attached hydrogens (primary N) is 1. The van der Waals surface area contributed by atoms with Crippen LogP contribution in [-0.4, -0.2) is 17.4 Å². The molecule has 1 amide bonds. The SMILES string of the molecule is Cc1ccc([N+](=O)[O-])cc1NC(=O)C[NH2+][C@H](C)c1cc(F)c(Cl)cc1Cl. The number of hydrogen-bond donors (Lipinski definition) is 2. The number of carbonyl (C=O) groups excluding carboxylic acids is 1. The second-order valence-corrected chi connectivity index (χ2v) is 6.64. The number of quaternary nitrogens is 1. The smallest absolute Gasteiger partial charge is 0.279 e. The number of aryl methyl sites for hydroxylation is 1. The van der Waals surface area contributed by atoms with Gasteiger partial charge in [0, 0.05) is 17.7 Å². The second-order valence-electron chi connectivity index (χ2n) is 5.82. The van der Waals surface area contributed by atoms with Crippen LogP contribution in [0.3, 0.4) is 0 Å². The van der Waals surface area contributed by atoms with Gasteiger partial charge in [0.15, 0.2) is 6.54 Å². The number of nitro benzene ring substituents is 1. The number of benzene rings is 2. The molecule has 0 heterocycles. The van der Waals surface area contributed by atoms with Crippen LogP contribution in [0.4, 0.5) is 15.8 Å². The molecule has 2 aromatic rings. The Kier molecular flexibility index (Phi) is 6.52. The Morgan fingerprint density at radius 3 is 2.65 bits per heavy atom. The molecule has 0 aliphatic heterocycles. The average Bonchev–Trinajstić information content (AvgIpc) is 2.57. The first-order valence-electron chi connectivity index (χ1n) is 7.71. The molecule has 2 aromatic carbocycles. The summed E-state index contributed by atoms with van der Waals surface area (Å²) in [6, 6.07) is 6.53. The standard InChI is InChI=1S/C17H16Cl2FN3O3/c1-9-3-4-11(23(25)26)5-16(9)22-17(24)8-21-10(2)12-6-15(20)14(19)7-13(12)18/h3-7,10,21H,8H2,1-2H3,(H,22,24)/p+1/t10-/m1/s1. The van der Waals surface area contributed by atoms with Crippen molar-refractivity contribution in [3.8, 4) is 0 Å². The summed E-state index contributed by atoms with van der Waals surface area (Å²) in [5.74, 6) is -0.922. The number of anilines is 1. The maximum Gasteiger partial charge on any atom is 0.279 e. The lowest BCUT2D eigenvalue weighted by molar-refractivity contribution is -0.682. The summed E-state index contributed by atoms with van der Waals surface area (Å²) in [7, 11) is 0. The quantitative estimate of drug-likeness (QED) is 0.440. The number of amides is 1. The van der Waals surface area contributed by atoms with Crippen LogP contribution in [0.25, 0.3) is 0 Å². The number of carbonyl (C=O) groups is 1. The van der Waals surface area contributed by atoms with Crippen molar-refractivity contribution in [3.05, 3.63) is 67.4 Å². The van der Waals surface area contributed by atoms with Gasteiger partial charge >= 0.3 is 0 Å². The van der Waals surface area contributed by atoms with Gasteiger partial charge in [0.25, 0.3) is 11.6 Å². The summed E-state index contributed by atoms with van der Waals surface area (Å²) in [5, 5.41) is 15.4.